The topological polar surface area (TPSA) is 69.5 Å². The fourth-order valence-electron chi connectivity index (χ4n) is 2.69. The van der Waals surface area contributed by atoms with Crippen molar-refractivity contribution in [2.75, 3.05) is 26.9 Å². The minimum absolute atomic E-state index is 0.0199. The molecule has 1 aliphatic heterocycles. The average molecular weight is 316 g/mol. The first kappa shape index (κ1) is 15.5. The maximum absolute atomic E-state index is 12.2. The molecule has 0 saturated heterocycles. The number of carbonyl (C=O) groups is 1. The summed E-state index contributed by atoms with van der Waals surface area (Å²) in [5.41, 5.74) is 1.03. The summed E-state index contributed by atoms with van der Waals surface area (Å²) in [7, 11) is 1.53. The Morgan fingerprint density at radius 1 is 1.35 bits per heavy atom. The van der Waals surface area contributed by atoms with Gasteiger partial charge in [-0.25, -0.2) is 0 Å². The molecule has 0 radical (unpaired) electrons. The highest BCUT2D eigenvalue weighted by atomic mass is 16.5. The van der Waals surface area contributed by atoms with E-state index >= 15 is 0 Å². The van der Waals surface area contributed by atoms with Gasteiger partial charge in [0.1, 0.15) is 12.4 Å². The van der Waals surface area contributed by atoms with Crippen LogP contribution in [0.2, 0.25) is 0 Å². The lowest BCUT2D eigenvalue weighted by molar-refractivity contribution is -0.136. The molecule has 1 atom stereocenters. The van der Waals surface area contributed by atoms with Gasteiger partial charge >= 0.3 is 0 Å². The van der Waals surface area contributed by atoms with Gasteiger partial charge in [0.15, 0.2) is 0 Å². The molecule has 0 aliphatic carbocycles. The predicted octanol–water partition coefficient (Wildman–Crippen LogP) is 0.962. The first-order valence-electron chi connectivity index (χ1n) is 7.56. The predicted molar refractivity (Wildman–Crippen MR) is 82.7 cm³/mol. The van der Waals surface area contributed by atoms with Crippen molar-refractivity contribution in [3.05, 3.63) is 42.5 Å². The van der Waals surface area contributed by atoms with Crippen LogP contribution in [0, 0.1) is 5.92 Å². The third-order valence-corrected chi connectivity index (χ3v) is 3.81. The monoisotopic (exact) mass is 316 g/mol. The SMILES string of the molecule is COCC(=O)N1Cc2ccnn2CC(COc2cccnc2)C1. The summed E-state index contributed by atoms with van der Waals surface area (Å²) in [6.45, 7) is 2.48. The van der Waals surface area contributed by atoms with Crippen LogP contribution in [0.5, 0.6) is 5.75 Å². The molecule has 2 aromatic heterocycles. The fourth-order valence-corrected chi connectivity index (χ4v) is 2.69. The number of amides is 1. The van der Waals surface area contributed by atoms with Crippen molar-refractivity contribution in [1.29, 1.82) is 0 Å². The van der Waals surface area contributed by atoms with Crippen molar-refractivity contribution in [3.8, 4) is 5.75 Å². The van der Waals surface area contributed by atoms with Crippen LogP contribution in [0.1, 0.15) is 5.69 Å². The number of hydrogen-bond acceptors (Lipinski definition) is 5. The Bertz CT molecular complexity index is 644. The lowest BCUT2D eigenvalue weighted by Gasteiger charge is -2.24. The van der Waals surface area contributed by atoms with Crippen LogP contribution in [0.3, 0.4) is 0 Å². The molecule has 0 bridgehead atoms. The highest BCUT2D eigenvalue weighted by molar-refractivity contribution is 5.77. The van der Waals surface area contributed by atoms with Gasteiger partial charge in [0, 0.05) is 38.5 Å². The molecule has 0 spiro atoms. The molecule has 0 fully saturated rings. The standard InChI is InChI=1S/C16H20N4O3/c1-22-12-16(21)19-8-13(9-20-14(10-19)4-6-18-20)11-23-15-3-2-5-17-7-15/h2-7,13H,8-12H2,1H3. The van der Waals surface area contributed by atoms with Crippen LogP contribution in [-0.4, -0.2) is 52.4 Å². The van der Waals surface area contributed by atoms with Crippen molar-refractivity contribution in [1.82, 2.24) is 19.7 Å². The number of pyridine rings is 1. The summed E-state index contributed by atoms with van der Waals surface area (Å²) in [5, 5.41) is 4.34. The zero-order chi connectivity index (χ0) is 16.1. The Morgan fingerprint density at radius 3 is 3.04 bits per heavy atom. The van der Waals surface area contributed by atoms with Crippen molar-refractivity contribution in [2.45, 2.75) is 13.1 Å². The smallest absolute Gasteiger partial charge is 0.248 e. The zero-order valence-corrected chi connectivity index (χ0v) is 13.1. The Morgan fingerprint density at radius 2 is 2.26 bits per heavy atom. The second kappa shape index (κ2) is 7.23. The molecular formula is C16H20N4O3. The second-order valence-corrected chi connectivity index (χ2v) is 5.58. The molecule has 23 heavy (non-hydrogen) atoms. The molecule has 1 amide bonds. The van der Waals surface area contributed by atoms with E-state index in [4.69, 9.17) is 9.47 Å². The Labute approximate surface area is 134 Å². The van der Waals surface area contributed by atoms with Crippen molar-refractivity contribution in [3.63, 3.8) is 0 Å². The van der Waals surface area contributed by atoms with Crippen molar-refractivity contribution in [2.24, 2.45) is 5.92 Å². The number of nitrogens with zero attached hydrogens (tertiary/aromatic N) is 4. The maximum Gasteiger partial charge on any atom is 0.248 e. The van der Waals surface area contributed by atoms with Crippen LogP contribution in [0.4, 0.5) is 0 Å². The number of aromatic nitrogens is 3. The Hall–Kier alpha value is -2.41. The van der Waals surface area contributed by atoms with Gasteiger partial charge in [-0.2, -0.15) is 5.10 Å². The van der Waals surface area contributed by atoms with Gasteiger partial charge in [0.25, 0.3) is 0 Å². The van der Waals surface area contributed by atoms with Crippen LogP contribution < -0.4 is 4.74 Å². The van der Waals surface area contributed by atoms with Gasteiger partial charge < -0.3 is 14.4 Å². The van der Waals surface area contributed by atoms with Gasteiger partial charge in [-0.15, -0.1) is 0 Å². The van der Waals surface area contributed by atoms with E-state index in [0.29, 0.717) is 19.7 Å². The molecule has 0 saturated carbocycles. The van der Waals surface area contributed by atoms with Crippen LogP contribution >= 0.6 is 0 Å². The molecule has 122 valence electrons. The normalized spacial score (nSPS) is 17.4. The number of methoxy groups -OCH3 is 1. The summed E-state index contributed by atoms with van der Waals surface area (Å²) < 4.78 is 12.7. The highest BCUT2D eigenvalue weighted by Gasteiger charge is 2.25. The zero-order valence-electron chi connectivity index (χ0n) is 13.1. The molecule has 0 N–H and O–H groups in total. The minimum Gasteiger partial charge on any atom is -0.492 e. The number of rotatable bonds is 5. The average Bonchev–Trinajstić information content (AvgIpc) is 2.92. The molecule has 2 aromatic rings. The third kappa shape index (κ3) is 3.87. The van der Waals surface area contributed by atoms with Crippen LogP contribution in [0.25, 0.3) is 0 Å². The maximum atomic E-state index is 12.2. The molecular weight excluding hydrogens is 296 g/mol. The van der Waals surface area contributed by atoms with Gasteiger partial charge in [-0.3, -0.25) is 14.5 Å². The summed E-state index contributed by atoms with van der Waals surface area (Å²) in [6.07, 6.45) is 5.15. The van der Waals surface area contributed by atoms with Crippen LogP contribution in [-0.2, 0) is 22.6 Å². The highest BCUT2D eigenvalue weighted by Crippen LogP contribution is 2.17. The molecule has 1 aliphatic rings. The second-order valence-electron chi connectivity index (χ2n) is 5.58. The molecule has 3 rings (SSSR count). The van der Waals surface area contributed by atoms with E-state index in [0.717, 1.165) is 18.0 Å². The summed E-state index contributed by atoms with van der Waals surface area (Å²) >= 11 is 0. The quantitative estimate of drug-likeness (QED) is 0.822. The molecule has 3 heterocycles. The van der Waals surface area contributed by atoms with E-state index < -0.39 is 0 Å². The van der Waals surface area contributed by atoms with E-state index in [9.17, 15) is 4.79 Å². The van der Waals surface area contributed by atoms with Crippen molar-refractivity contribution < 1.29 is 14.3 Å². The van der Waals surface area contributed by atoms with Gasteiger partial charge in [0.2, 0.25) is 5.91 Å². The van der Waals surface area contributed by atoms with Crippen molar-refractivity contribution >= 4 is 5.91 Å². The largest absolute Gasteiger partial charge is 0.492 e. The molecule has 1 unspecified atom stereocenters. The molecule has 7 nitrogen and oxygen atoms in total. The fraction of sp³-hybridized carbons (Fsp3) is 0.438. The van der Waals surface area contributed by atoms with E-state index in [1.165, 1.54) is 7.11 Å². The van der Waals surface area contributed by atoms with Gasteiger partial charge in [0.05, 0.1) is 25.0 Å². The van der Waals surface area contributed by atoms with Gasteiger partial charge in [-0.05, 0) is 18.2 Å². The lowest BCUT2D eigenvalue weighted by Crippen LogP contribution is -2.37. The van der Waals surface area contributed by atoms with Gasteiger partial charge in [-0.1, -0.05) is 0 Å². The molecule has 0 aromatic carbocycles. The summed E-state index contributed by atoms with van der Waals surface area (Å²) in [4.78, 5) is 18.1. The number of fused-ring (bicyclic) bond motifs is 1. The Balaban J connectivity index is 1.70. The number of ether oxygens (including phenoxy) is 2. The summed E-state index contributed by atoms with van der Waals surface area (Å²) in [5.74, 6) is 0.859. The lowest BCUT2D eigenvalue weighted by atomic mass is 10.1. The molecule has 7 heteroatoms. The minimum atomic E-state index is -0.0199. The number of hydrogen-bond donors (Lipinski definition) is 0. The Kier molecular flexibility index (Phi) is 4.87. The van der Waals surface area contributed by atoms with E-state index in [-0.39, 0.29) is 18.4 Å². The first-order chi connectivity index (χ1) is 11.3. The van der Waals surface area contributed by atoms with E-state index in [1.807, 2.05) is 22.9 Å². The van der Waals surface area contributed by atoms with Crippen LogP contribution in [0.15, 0.2) is 36.8 Å². The summed E-state index contributed by atoms with van der Waals surface area (Å²) in [6, 6.07) is 5.65. The van der Waals surface area contributed by atoms with E-state index in [1.54, 1.807) is 23.5 Å². The number of carbonyl (C=O) groups excluding carboxylic acids is 1. The third-order valence-electron chi connectivity index (χ3n) is 3.81. The first-order valence-corrected chi connectivity index (χ1v) is 7.56. The van der Waals surface area contributed by atoms with E-state index in [2.05, 4.69) is 10.1 Å².